The van der Waals surface area contributed by atoms with E-state index in [1.807, 2.05) is 38.1 Å². The van der Waals surface area contributed by atoms with Crippen molar-refractivity contribution in [3.05, 3.63) is 53.6 Å². The number of ether oxygens (including phenoxy) is 1. The molecule has 0 saturated heterocycles. The third-order valence-corrected chi connectivity index (χ3v) is 4.35. The van der Waals surface area contributed by atoms with Crippen LogP contribution in [0.1, 0.15) is 25.0 Å². The molecule has 0 unspecified atom stereocenters. The maximum absolute atomic E-state index is 11.9. The minimum absolute atomic E-state index is 0.0752. The van der Waals surface area contributed by atoms with Crippen LogP contribution in [0.2, 0.25) is 0 Å². The summed E-state index contributed by atoms with van der Waals surface area (Å²) in [7, 11) is 0. The Balaban J connectivity index is 1.92. The van der Waals surface area contributed by atoms with Gasteiger partial charge in [0.05, 0.1) is 0 Å². The van der Waals surface area contributed by atoms with E-state index in [-0.39, 0.29) is 12.5 Å². The molecule has 3 aromatic rings. The van der Waals surface area contributed by atoms with Gasteiger partial charge in [-0.05, 0) is 37.5 Å². The molecule has 0 spiro atoms. The number of carbonyl (C=O) groups is 1. The summed E-state index contributed by atoms with van der Waals surface area (Å²) in [6, 6.07) is 14.1. The van der Waals surface area contributed by atoms with Crippen LogP contribution in [-0.4, -0.2) is 29.3 Å². The van der Waals surface area contributed by atoms with Crippen molar-refractivity contribution in [1.82, 2.24) is 15.5 Å². The normalized spacial score (nSPS) is 11.0. The molecule has 0 aliphatic heterocycles. The van der Waals surface area contributed by atoms with E-state index < -0.39 is 0 Å². The molecule has 5 heteroatoms. The molecule has 2 aromatic carbocycles. The number of carbonyl (C=O) groups excluding carboxylic acids is 1. The third-order valence-electron chi connectivity index (χ3n) is 4.35. The van der Waals surface area contributed by atoms with Crippen LogP contribution in [0.15, 0.2) is 42.5 Å². The molecular formula is C22H25N3O2. The van der Waals surface area contributed by atoms with Crippen molar-refractivity contribution in [3.8, 4) is 17.1 Å². The van der Waals surface area contributed by atoms with Gasteiger partial charge in [0.15, 0.2) is 6.61 Å². The predicted octanol–water partition coefficient (Wildman–Crippen LogP) is 4.06. The predicted molar refractivity (Wildman–Crippen MR) is 108 cm³/mol. The first kappa shape index (κ1) is 18.8. The lowest BCUT2D eigenvalue weighted by molar-refractivity contribution is -0.123. The minimum atomic E-state index is -0.159. The van der Waals surface area contributed by atoms with Gasteiger partial charge in [-0.1, -0.05) is 49.7 Å². The zero-order valence-electron chi connectivity index (χ0n) is 16.2. The highest BCUT2D eigenvalue weighted by Gasteiger charge is 2.14. The summed E-state index contributed by atoms with van der Waals surface area (Å²) in [6.45, 7) is 8.77. The number of benzene rings is 2. The zero-order chi connectivity index (χ0) is 19.4. The van der Waals surface area contributed by atoms with E-state index in [9.17, 15) is 4.79 Å². The fraction of sp³-hybridized carbons (Fsp3) is 0.318. The van der Waals surface area contributed by atoms with Crippen LogP contribution in [0.4, 0.5) is 0 Å². The lowest BCUT2D eigenvalue weighted by Crippen LogP contribution is -2.31. The monoisotopic (exact) mass is 363 g/mol. The molecule has 0 radical (unpaired) electrons. The Kier molecular flexibility index (Phi) is 5.69. The van der Waals surface area contributed by atoms with Gasteiger partial charge < -0.3 is 10.1 Å². The van der Waals surface area contributed by atoms with Gasteiger partial charge in [0.1, 0.15) is 5.69 Å². The number of hydrogen-bond donors (Lipinski definition) is 1. The van der Waals surface area contributed by atoms with E-state index in [1.165, 1.54) is 5.56 Å². The molecule has 0 aliphatic rings. The molecule has 1 heterocycles. The average Bonchev–Trinajstić information content (AvgIpc) is 2.66. The van der Waals surface area contributed by atoms with Gasteiger partial charge in [0.2, 0.25) is 5.88 Å². The molecule has 27 heavy (non-hydrogen) atoms. The fourth-order valence-electron chi connectivity index (χ4n) is 2.88. The van der Waals surface area contributed by atoms with Gasteiger partial charge in [-0.25, -0.2) is 0 Å². The maximum atomic E-state index is 11.9. The average molecular weight is 363 g/mol. The van der Waals surface area contributed by atoms with Crippen LogP contribution >= 0.6 is 0 Å². The van der Waals surface area contributed by atoms with Gasteiger partial charge in [0, 0.05) is 22.9 Å². The topological polar surface area (TPSA) is 64.1 Å². The number of fused-ring (bicyclic) bond motifs is 1. The lowest BCUT2D eigenvalue weighted by atomic mass is 9.99. The highest BCUT2D eigenvalue weighted by molar-refractivity contribution is 5.97. The Morgan fingerprint density at radius 3 is 2.56 bits per heavy atom. The highest BCUT2D eigenvalue weighted by atomic mass is 16.5. The highest BCUT2D eigenvalue weighted by Crippen LogP contribution is 2.32. The standard InChI is InChI=1S/C22H25N3O2/c1-14(2)12-23-20(26)13-27-22-18-8-6-5-7-17(18)21(24-25-22)19-11-15(3)9-10-16(19)4/h5-11,14H,12-13H2,1-4H3,(H,23,26). The van der Waals surface area contributed by atoms with E-state index in [0.717, 1.165) is 27.6 Å². The smallest absolute Gasteiger partial charge is 0.258 e. The number of hydrogen-bond acceptors (Lipinski definition) is 4. The molecule has 0 atom stereocenters. The van der Waals surface area contributed by atoms with E-state index in [0.29, 0.717) is 18.3 Å². The summed E-state index contributed by atoms with van der Waals surface area (Å²) in [5, 5.41) is 13.3. The Morgan fingerprint density at radius 1 is 1.07 bits per heavy atom. The molecule has 1 aromatic heterocycles. The lowest BCUT2D eigenvalue weighted by Gasteiger charge is -2.13. The SMILES string of the molecule is Cc1ccc(C)c(-c2nnc(OCC(=O)NCC(C)C)c3ccccc23)c1. The van der Waals surface area contributed by atoms with Crippen molar-refractivity contribution < 1.29 is 9.53 Å². The van der Waals surface area contributed by atoms with Crippen molar-refractivity contribution in [1.29, 1.82) is 0 Å². The summed E-state index contributed by atoms with van der Waals surface area (Å²) in [5.41, 5.74) is 4.19. The molecule has 0 bridgehead atoms. The first-order valence-electron chi connectivity index (χ1n) is 9.18. The van der Waals surface area contributed by atoms with Crippen LogP contribution < -0.4 is 10.1 Å². The van der Waals surface area contributed by atoms with Crippen molar-refractivity contribution in [2.45, 2.75) is 27.7 Å². The summed E-state index contributed by atoms with van der Waals surface area (Å²) in [5.74, 6) is 0.610. The van der Waals surface area contributed by atoms with Gasteiger partial charge in [-0.3, -0.25) is 4.79 Å². The fourth-order valence-corrected chi connectivity index (χ4v) is 2.88. The van der Waals surface area contributed by atoms with Crippen LogP contribution in [0.25, 0.3) is 22.0 Å². The molecule has 0 aliphatic carbocycles. The molecular weight excluding hydrogens is 338 g/mol. The van der Waals surface area contributed by atoms with E-state index in [2.05, 4.69) is 47.6 Å². The first-order valence-corrected chi connectivity index (χ1v) is 9.18. The Hall–Kier alpha value is -2.95. The molecule has 0 fully saturated rings. The number of rotatable bonds is 6. The summed E-state index contributed by atoms with van der Waals surface area (Å²) >= 11 is 0. The Bertz CT molecular complexity index is 967. The number of aryl methyl sites for hydroxylation is 2. The van der Waals surface area contributed by atoms with Gasteiger partial charge in [0.25, 0.3) is 5.91 Å². The van der Waals surface area contributed by atoms with Gasteiger partial charge in [-0.15, -0.1) is 10.2 Å². The van der Waals surface area contributed by atoms with Gasteiger partial charge >= 0.3 is 0 Å². The molecule has 1 N–H and O–H groups in total. The number of nitrogens with one attached hydrogen (secondary N) is 1. The number of nitrogens with zero attached hydrogens (tertiary/aromatic N) is 2. The molecule has 140 valence electrons. The summed E-state index contributed by atoms with van der Waals surface area (Å²) in [4.78, 5) is 11.9. The zero-order valence-corrected chi connectivity index (χ0v) is 16.2. The number of amides is 1. The maximum Gasteiger partial charge on any atom is 0.258 e. The van der Waals surface area contributed by atoms with E-state index in [4.69, 9.17) is 4.74 Å². The Labute approximate surface area is 159 Å². The molecule has 5 nitrogen and oxygen atoms in total. The van der Waals surface area contributed by atoms with Crippen molar-refractivity contribution in [3.63, 3.8) is 0 Å². The number of aromatic nitrogens is 2. The molecule has 0 saturated carbocycles. The minimum Gasteiger partial charge on any atom is -0.466 e. The van der Waals surface area contributed by atoms with Crippen molar-refractivity contribution in [2.75, 3.05) is 13.2 Å². The summed E-state index contributed by atoms with van der Waals surface area (Å²) in [6.07, 6.45) is 0. The second-order valence-corrected chi connectivity index (χ2v) is 7.20. The van der Waals surface area contributed by atoms with Crippen molar-refractivity contribution in [2.24, 2.45) is 5.92 Å². The second-order valence-electron chi connectivity index (χ2n) is 7.20. The van der Waals surface area contributed by atoms with E-state index in [1.54, 1.807) is 0 Å². The summed E-state index contributed by atoms with van der Waals surface area (Å²) < 4.78 is 5.67. The largest absolute Gasteiger partial charge is 0.466 e. The molecule has 3 rings (SSSR count). The van der Waals surface area contributed by atoms with E-state index >= 15 is 0 Å². The quantitative estimate of drug-likeness (QED) is 0.717. The van der Waals surface area contributed by atoms with Crippen LogP contribution in [0.3, 0.4) is 0 Å². The first-order chi connectivity index (χ1) is 13.0. The Morgan fingerprint density at radius 2 is 1.81 bits per heavy atom. The second kappa shape index (κ2) is 8.16. The van der Waals surface area contributed by atoms with Crippen LogP contribution in [0, 0.1) is 19.8 Å². The van der Waals surface area contributed by atoms with Crippen LogP contribution in [-0.2, 0) is 4.79 Å². The van der Waals surface area contributed by atoms with Crippen LogP contribution in [0.5, 0.6) is 5.88 Å². The van der Waals surface area contributed by atoms with Gasteiger partial charge in [-0.2, -0.15) is 0 Å². The molecule has 1 amide bonds. The third kappa shape index (κ3) is 4.42. The van der Waals surface area contributed by atoms with Crippen molar-refractivity contribution >= 4 is 16.7 Å².